The quantitative estimate of drug-likeness (QED) is 0.383. The van der Waals surface area contributed by atoms with Crippen molar-refractivity contribution in [3.63, 3.8) is 0 Å². The Morgan fingerprint density at radius 1 is 1.40 bits per heavy atom. The average molecular weight is 363 g/mol. The Balaban J connectivity index is 2.07. The van der Waals surface area contributed by atoms with Crippen molar-refractivity contribution in [1.29, 1.82) is 0 Å². The number of ether oxygens (including phenoxy) is 1. The van der Waals surface area contributed by atoms with Crippen LogP contribution in [0.5, 0.6) is 5.75 Å². The molecule has 1 aliphatic rings. The molecule has 25 heavy (non-hydrogen) atoms. The molecule has 0 bridgehead atoms. The highest BCUT2D eigenvalue weighted by Crippen LogP contribution is 2.44. The summed E-state index contributed by atoms with van der Waals surface area (Å²) in [6.45, 7) is 8.67. The summed E-state index contributed by atoms with van der Waals surface area (Å²) in [5.41, 5.74) is 2.51. The number of rotatable bonds is 7. The van der Waals surface area contributed by atoms with Gasteiger partial charge in [0, 0.05) is 11.4 Å². The summed E-state index contributed by atoms with van der Waals surface area (Å²) in [5.74, 6) is 1.46. The predicted octanol–water partition coefficient (Wildman–Crippen LogP) is 6.79. The van der Waals surface area contributed by atoms with Crippen LogP contribution in [0.25, 0.3) is 5.57 Å². The highest BCUT2D eigenvalue weighted by molar-refractivity contribution is 6.19. The van der Waals surface area contributed by atoms with Crippen molar-refractivity contribution in [2.75, 3.05) is 13.0 Å². The Morgan fingerprint density at radius 2 is 2.16 bits per heavy atom. The average Bonchev–Trinajstić information content (AvgIpc) is 2.93. The second kappa shape index (κ2) is 8.71. The first-order valence-electron chi connectivity index (χ1n) is 8.83. The molecule has 3 heteroatoms. The maximum absolute atomic E-state index is 14.0. The molecule has 0 saturated heterocycles. The zero-order valence-corrected chi connectivity index (χ0v) is 16.2. The fourth-order valence-electron chi connectivity index (χ4n) is 3.47. The van der Waals surface area contributed by atoms with Crippen LogP contribution in [-0.4, -0.2) is 13.0 Å². The molecule has 1 fully saturated rings. The molecule has 0 heterocycles. The van der Waals surface area contributed by atoms with Crippen molar-refractivity contribution >= 4 is 17.2 Å². The van der Waals surface area contributed by atoms with Crippen LogP contribution >= 0.6 is 11.6 Å². The van der Waals surface area contributed by atoms with Crippen LogP contribution in [0.3, 0.4) is 0 Å². The van der Waals surface area contributed by atoms with E-state index in [2.05, 4.69) is 26.5 Å². The topological polar surface area (TPSA) is 9.23 Å². The van der Waals surface area contributed by atoms with Gasteiger partial charge in [-0.3, -0.25) is 0 Å². The molecule has 1 saturated carbocycles. The molecule has 1 atom stereocenters. The predicted molar refractivity (Wildman–Crippen MR) is 106 cm³/mol. The third-order valence-corrected chi connectivity index (χ3v) is 5.62. The summed E-state index contributed by atoms with van der Waals surface area (Å²) >= 11 is 6.09. The molecule has 0 aliphatic heterocycles. The minimum Gasteiger partial charge on any atom is -0.497 e. The minimum absolute atomic E-state index is 0.306. The summed E-state index contributed by atoms with van der Waals surface area (Å²) < 4.78 is 19.2. The molecule has 0 unspecified atom stereocenters. The number of halogens is 2. The fourth-order valence-corrected chi connectivity index (χ4v) is 3.67. The van der Waals surface area contributed by atoms with Gasteiger partial charge in [0.25, 0.3) is 0 Å². The molecule has 0 N–H and O–H groups in total. The van der Waals surface area contributed by atoms with Crippen molar-refractivity contribution < 1.29 is 9.13 Å². The highest BCUT2D eigenvalue weighted by atomic mass is 35.5. The molecule has 1 nitrogen and oxygen atoms in total. The molecule has 2 rings (SSSR count). The molecule has 1 aliphatic carbocycles. The second-order valence-electron chi connectivity index (χ2n) is 7.43. The first kappa shape index (κ1) is 19.8. The highest BCUT2D eigenvalue weighted by Gasteiger charge is 2.33. The molecule has 0 radical (unpaired) electrons. The standard InChI is InChI=1S/C22H28ClFO/c1-16(20-14-19(25-4)11-12-21(20)24)7-8-17(15-23)9-10-18-6-5-13-22(18,2)3/h7-9,11-12,14,18H,1,5-6,10,13,15H2,2-4H3/b8-7-,17-9+/t18-/m1/s1. The monoisotopic (exact) mass is 362 g/mol. The summed E-state index contributed by atoms with van der Waals surface area (Å²) in [4.78, 5) is 0. The van der Waals surface area contributed by atoms with E-state index in [9.17, 15) is 4.39 Å². The van der Waals surface area contributed by atoms with E-state index in [1.165, 1.54) is 25.3 Å². The lowest BCUT2D eigenvalue weighted by Gasteiger charge is -2.26. The van der Waals surface area contributed by atoms with Crippen LogP contribution in [0, 0.1) is 17.2 Å². The van der Waals surface area contributed by atoms with Gasteiger partial charge in [-0.25, -0.2) is 4.39 Å². The lowest BCUT2D eigenvalue weighted by molar-refractivity contribution is 0.262. The minimum atomic E-state index is -0.306. The van der Waals surface area contributed by atoms with E-state index >= 15 is 0 Å². The zero-order valence-electron chi connectivity index (χ0n) is 15.4. The maximum Gasteiger partial charge on any atom is 0.131 e. The van der Waals surface area contributed by atoms with Gasteiger partial charge >= 0.3 is 0 Å². The molecular weight excluding hydrogens is 335 g/mol. The van der Waals surface area contributed by atoms with E-state index in [0.717, 1.165) is 12.0 Å². The van der Waals surface area contributed by atoms with E-state index in [1.807, 2.05) is 12.2 Å². The van der Waals surface area contributed by atoms with Gasteiger partial charge in [-0.1, -0.05) is 45.1 Å². The normalized spacial score (nSPS) is 20.2. The molecule has 1 aromatic carbocycles. The van der Waals surface area contributed by atoms with E-state index in [1.54, 1.807) is 19.2 Å². The van der Waals surface area contributed by atoms with Gasteiger partial charge in [-0.2, -0.15) is 0 Å². The van der Waals surface area contributed by atoms with E-state index < -0.39 is 0 Å². The largest absolute Gasteiger partial charge is 0.497 e. The Kier molecular flexibility index (Phi) is 6.89. The first-order chi connectivity index (χ1) is 11.9. The van der Waals surface area contributed by atoms with Crippen molar-refractivity contribution in [2.24, 2.45) is 11.3 Å². The molecular formula is C22H28ClFO. The molecule has 1 aromatic rings. The lowest BCUT2D eigenvalue weighted by Crippen LogP contribution is -2.16. The van der Waals surface area contributed by atoms with Crippen molar-refractivity contribution in [1.82, 2.24) is 0 Å². The number of alkyl halides is 1. The van der Waals surface area contributed by atoms with Gasteiger partial charge in [-0.15, -0.1) is 11.6 Å². The molecule has 136 valence electrons. The van der Waals surface area contributed by atoms with Crippen LogP contribution < -0.4 is 4.74 Å². The van der Waals surface area contributed by atoms with Crippen LogP contribution in [0.15, 0.2) is 48.6 Å². The Bertz CT molecular complexity index is 673. The van der Waals surface area contributed by atoms with Crippen LogP contribution in [0.2, 0.25) is 0 Å². The van der Waals surface area contributed by atoms with Gasteiger partial charge in [-0.05, 0) is 59.9 Å². The van der Waals surface area contributed by atoms with E-state index in [-0.39, 0.29) is 5.82 Å². The Morgan fingerprint density at radius 3 is 2.76 bits per heavy atom. The zero-order chi connectivity index (χ0) is 18.4. The van der Waals surface area contributed by atoms with Crippen molar-refractivity contribution in [3.05, 3.63) is 60.0 Å². The summed E-state index contributed by atoms with van der Waals surface area (Å²) in [5, 5.41) is 0. The maximum atomic E-state index is 14.0. The summed E-state index contributed by atoms with van der Waals surface area (Å²) in [6.07, 6.45) is 10.9. The van der Waals surface area contributed by atoms with Crippen LogP contribution in [0.4, 0.5) is 4.39 Å². The van der Waals surface area contributed by atoms with Gasteiger partial charge < -0.3 is 4.74 Å². The summed E-state index contributed by atoms with van der Waals surface area (Å²) in [7, 11) is 1.56. The van der Waals surface area contributed by atoms with Gasteiger partial charge in [0.15, 0.2) is 0 Å². The number of benzene rings is 1. The molecule has 0 spiro atoms. The van der Waals surface area contributed by atoms with Crippen molar-refractivity contribution in [2.45, 2.75) is 39.5 Å². The fraction of sp³-hybridized carbons (Fsp3) is 0.455. The second-order valence-corrected chi connectivity index (χ2v) is 7.70. The third-order valence-electron chi connectivity index (χ3n) is 5.32. The Labute approximate surface area is 156 Å². The SMILES string of the molecule is C=C(/C=C\C(=C/C[C@H]1CCCC1(C)C)CCl)c1cc(OC)ccc1F. The van der Waals surface area contributed by atoms with E-state index in [0.29, 0.717) is 34.1 Å². The number of methoxy groups -OCH3 is 1. The number of hydrogen-bond donors (Lipinski definition) is 0. The molecule has 0 amide bonds. The van der Waals surface area contributed by atoms with Crippen LogP contribution in [0.1, 0.15) is 45.1 Å². The number of hydrogen-bond acceptors (Lipinski definition) is 1. The first-order valence-corrected chi connectivity index (χ1v) is 9.36. The van der Waals surface area contributed by atoms with Crippen LogP contribution in [-0.2, 0) is 0 Å². The van der Waals surface area contributed by atoms with E-state index in [4.69, 9.17) is 16.3 Å². The Hall–Kier alpha value is -1.54. The third kappa shape index (κ3) is 5.22. The molecule has 0 aromatic heterocycles. The number of allylic oxidation sites excluding steroid dienone is 5. The van der Waals surface area contributed by atoms with Crippen molar-refractivity contribution in [3.8, 4) is 5.75 Å². The van der Waals surface area contributed by atoms with Gasteiger partial charge in [0.05, 0.1) is 7.11 Å². The summed E-state index contributed by atoms with van der Waals surface area (Å²) in [6, 6.07) is 4.66. The van der Waals surface area contributed by atoms with Gasteiger partial charge in [0.1, 0.15) is 11.6 Å². The lowest BCUT2D eigenvalue weighted by atomic mass is 9.80. The smallest absolute Gasteiger partial charge is 0.131 e. The van der Waals surface area contributed by atoms with Gasteiger partial charge in [0.2, 0.25) is 0 Å².